The van der Waals surface area contributed by atoms with Crippen molar-refractivity contribution in [3.8, 4) is 0 Å². The van der Waals surface area contributed by atoms with Crippen molar-refractivity contribution in [1.29, 1.82) is 0 Å². The van der Waals surface area contributed by atoms with Gasteiger partial charge in [0.15, 0.2) is 0 Å². The van der Waals surface area contributed by atoms with E-state index in [4.69, 9.17) is 5.11 Å². The van der Waals surface area contributed by atoms with Gasteiger partial charge in [0.25, 0.3) is 0 Å². The van der Waals surface area contributed by atoms with Gasteiger partial charge in [0.05, 0.1) is 5.92 Å². The summed E-state index contributed by atoms with van der Waals surface area (Å²) in [5.74, 6) is 0.274. The topological polar surface area (TPSA) is 78.4 Å². The maximum Gasteiger partial charge on any atom is 0.315 e. The lowest BCUT2D eigenvalue weighted by Gasteiger charge is -2.29. The Morgan fingerprint density at radius 2 is 1.81 bits per heavy atom. The number of hydrogen-bond donors (Lipinski definition) is 3. The SMILES string of the molecule is CC1CCCC(NC(=O)NCC2CCC(C(=O)O)CC2)C1. The van der Waals surface area contributed by atoms with E-state index in [1.165, 1.54) is 12.8 Å². The third-order valence-electron chi connectivity index (χ3n) is 5.02. The molecular formula is C16H28N2O3. The normalized spacial score (nSPS) is 33.2. The van der Waals surface area contributed by atoms with E-state index in [1.807, 2.05) is 0 Å². The Hall–Kier alpha value is -1.26. The maximum absolute atomic E-state index is 11.9. The van der Waals surface area contributed by atoms with Gasteiger partial charge in [0.2, 0.25) is 0 Å². The number of urea groups is 1. The first-order valence-corrected chi connectivity index (χ1v) is 8.31. The monoisotopic (exact) mass is 296 g/mol. The van der Waals surface area contributed by atoms with Gasteiger partial charge in [-0.3, -0.25) is 4.79 Å². The highest BCUT2D eigenvalue weighted by Crippen LogP contribution is 2.28. The maximum atomic E-state index is 11.9. The molecule has 2 fully saturated rings. The van der Waals surface area contributed by atoms with Crippen LogP contribution < -0.4 is 10.6 Å². The molecule has 3 N–H and O–H groups in total. The first kappa shape index (κ1) is 16.1. The zero-order valence-corrected chi connectivity index (χ0v) is 12.9. The summed E-state index contributed by atoms with van der Waals surface area (Å²) >= 11 is 0. The van der Waals surface area contributed by atoms with Crippen molar-refractivity contribution < 1.29 is 14.7 Å². The number of carboxylic acids is 1. The van der Waals surface area contributed by atoms with Crippen LogP contribution in [0.2, 0.25) is 0 Å². The zero-order chi connectivity index (χ0) is 15.2. The van der Waals surface area contributed by atoms with Crippen LogP contribution in [-0.4, -0.2) is 29.7 Å². The van der Waals surface area contributed by atoms with E-state index in [0.717, 1.165) is 38.5 Å². The van der Waals surface area contributed by atoms with Gasteiger partial charge in [-0.1, -0.05) is 19.8 Å². The molecule has 2 amide bonds. The van der Waals surface area contributed by atoms with Gasteiger partial charge in [0, 0.05) is 12.6 Å². The number of rotatable bonds is 4. The molecule has 2 atom stereocenters. The van der Waals surface area contributed by atoms with E-state index >= 15 is 0 Å². The van der Waals surface area contributed by atoms with E-state index < -0.39 is 5.97 Å². The molecule has 5 nitrogen and oxygen atoms in total. The average molecular weight is 296 g/mol. The molecule has 2 unspecified atom stereocenters. The third kappa shape index (κ3) is 5.21. The summed E-state index contributed by atoms with van der Waals surface area (Å²) in [4.78, 5) is 22.8. The minimum Gasteiger partial charge on any atom is -0.481 e. The molecule has 2 aliphatic rings. The summed E-state index contributed by atoms with van der Waals surface area (Å²) in [6.45, 7) is 2.91. The van der Waals surface area contributed by atoms with Crippen molar-refractivity contribution in [3.05, 3.63) is 0 Å². The predicted molar refractivity (Wildman–Crippen MR) is 81.0 cm³/mol. The van der Waals surface area contributed by atoms with E-state index in [1.54, 1.807) is 0 Å². The van der Waals surface area contributed by atoms with E-state index in [9.17, 15) is 9.59 Å². The molecule has 0 aromatic heterocycles. The third-order valence-corrected chi connectivity index (χ3v) is 5.02. The first-order valence-electron chi connectivity index (χ1n) is 8.31. The minimum atomic E-state index is -0.675. The Balaban J connectivity index is 1.62. The number of carboxylic acid groups (broad SMARTS) is 1. The van der Waals surface area contributed by atoms with Crippen LogP contribution in [0.5, 0.6) is 0 Å². The number of aliphatic carboxylic acids is 1. The fourth-order valence-corrected chi connectivity index (χ4v) is 3.65. The molecule has 2 rings (SSSR count). The molecule has 0 aliphatic heterocycles. The fourth-order valence-electron chi connectivity index (χ4n) is 3.65. The molecule has 0 heterocycles. The highest BCUT2D eigenvalue weighted by atomic mass is 16.4. The predicted octanol–water partition coefficient (Wildman–Crippen LogP) is 2.76. The second kappa shape index (κ2) is 7.66. The van der Waals surface area contributed by atoms with Crippen molar-refractivity contribution in [1.82, 2.24) is 10.6 Å². The number of amides is 2. The Kier molecular flexibility index (Phi) is 5.88. The van der Waals surface area contributed by atoms with Gasteiger partial charge in [-0.05, 0) is 50.4 Å². The van der Waals surface area contributed by atoms with Crippen LogP contribution in [0.3, 0.4) is 0 Å². The Bertz CT molecular complexity index is 365. The molecule has 2 aliphatic carbocycles. The van der Waals surface area contributed by atoms with Gasteiger partial charge in [0.1, 0.15) is 0 Å². The summed E-state index contributed by atoms with van der Waals surface area (Å²) in [5, 5.41) is 15.0. The van der Waals surface area contributed by atoms with Crippen molar-refractivity contribution in [2.75, 3.05) is 6.54 Å². The molecule has 0 radical (unpaired) electrons. The molecule has 21 heavy (non-hydrogen) atoms. The lowest BCUT2D eigenvalue weighted by Crippen LogP contribution is -2.45. The number of carbonyl (C=O) groups is 2. The van der Waals surface area contributed by atoms with Gasteiger partial charge < -0.3 is 15.7 Å². The molecule has 120 valence electrons. The van der Waals surface area contributed by atoms with Gasteiger partial charge in [-0.15, -0.1) is 0 Å². The van der Waals surface area contributed by atoms with Crippen LogP contribution in [0.25, 0.3) is 0 Å². The van der Waals surface area contributed by atoms with Crippen molar-refractivity contribution in [3.63, 3.8) is 0 Å². The summed E-state index contributed by atoms with van der Waals surface area (Å²) in [6, 6.07) is 0.256. The highest BCUT2D eigenvalue weighted by Gasteiger charge is 2.26. The lowest BCUT2D eigenvalue weighted by molar-refractivity contribution is -0.143. The van der Waals surface area contributed by atoms with E-state index in [2.05, 4.69) is 17.6 Å². The smallest absolute Gasteiger partial charge is 0.315 e. The van der Waals surface area contributed by atoms with Gasteiger partial charge >= 0.3 is 12.0 Å². The van der Waals surface area contributed by atoms with E-state index in [0.29, 0.717) is 24.4 Å². The molecule has 0 aromatic rings. The van der Waals surface area contributed by atoms with Crippen LogP contribution in [0, 0.1) is 17.8 Å². The highest BCUT2D eigenvalue weighted by molar-refractivity contribution is 5.74. The summed E-state index contributed by atoms with van der Waals surface area (Å²) in [5.41, 5.74) is 0. The largest absolute Gasteiger partial charge is 0.481 e. The Morgan fingerprint density at radius 1 is 1.10 bits per heavy atom. The summed E-state index contributed by atoms with van der Waals surface area (Å²) in [7, 11) is 0. The van der Waals surface area contributed by atoms with Crippen LogP contribution >= 0.6 is 0 Å². The van der Waals surface area contributed by atoms with Crippen molar-refractivity contribution in [2.45, 2.75) is 64.3 Å². The Morgan fingerprint density at radius 3 is 2.43 bits per heavy atom. The molecule has 2 saturated carbocycles. The van der Waals surface area contributed by atoms with E-state index in [-0.39, 0.29) is 11.9 Å². The molecular weight excluding hydrogens is 268 g/mol. The van der Waals surface area contributed by atoms with Crippen LogP contribution in [0.15, 0.2) is 0 Å². The van der Waals surface area contributed by atoms with Crippen LogP contribution in [0.4, 0.5) is 4.79 Å². The standard InChI is InChI=1S/C16H28N2O3/c1-11-3-2-4-14(9-11)18-16(21)17-10-12-5-7-13(8-6-12)15(19)20/h11-14H,2-10H2,1H3,(H,19,20)(H2,17,18,21). The minimum absolute atomic E-state index is 0.0607. The Labute approximate surface area is 126 Å². The zero-order valence-electron chi connectivity index (χ0n) is 12.9. The van der Waals surface area contributed by atoms with Crippen molar-refractivity contribution >= 4 is 12.0 Å². The number of nitrogens with one attached hydrogen (secondary N) is 2. The van der Waals surface area contributed by atoms with Crippen molar-refractivity contribution in [2.24, 2.45) is 17.8 Å². The summed E-state index contributed by atoms with van der Waals surface area (Å²) < 4.78 is 0. The lowest BCUT2D eigenvalue weighted by atomic mass is 9.82. The number of carbonyl (C=O) groups excluding carboxylic acids is 1. The first-order chi connectivity index (χ1) is 10.0. The molecule has 0 spiro atoms. The van der Waals surface area contributed by atoms with Gasteiger partial charge in [-0.25, -0.2) is 4.79 Å². The summed E-state index contributed by atoms with van der Waals surface area (Å²) in [6.07, 6.45) is 7.92. The molecule has 0 aromatic carbocycles. The quantitative estimate of drug-likeness (QED) is 0.746. The fraction of sp³-hybridized carbons (Fsp3) is 0.875. The second-order valence-electron chi connectivity index (χ2n) is 6.88. The number of hydrogen-bond acceptors (Lipinski definition) is 2. The van der Waals surface area contributed by atoms with Crippen LogP contribution in [0.1, 0.15) is 58.3 Å². The molecule has 0 bridgehead atoms. The van der Waals surface area contributed by atoms with Gasteiger partial charge in [-0.2, -0.15) is 0 Å². The molecule has 5 heteroatoms. The average Bonchev–Trinajstić information content (AvgIpc) is 2.45. The molecule has 0 saturated heterocycles. The van der Waals surface area contributed by atoms with Crippen LogP contribution in [-0.2, 0) is 4.79 Å². The second-order valence-corrected chi connectivity index (χ2v) is 6.88.